The van der Waals surface area contributed by atoms with Crippen molar-refractivity contribution < 1.29 is 9.50 Å². The van der Waals surface area contributed by atoms with E-state index in [2.05, 4.69) is 14.9 Å². The molecule has 0 saturated carbocycles. The number of phenolic OH excluding ortho intramolecular Hbond substituents is 1. The number of phenols is 1. The number of aromatic nitrogens is 3. The van der Waals surface area contributed by atoms with Gasteiger partial charge in [0.15, 0.2) is 0 Å². The van der Waals surface area contributed by atoms with Crippen molar-refractivity contribution in [2.24, 2.45) is 18.0 Å². The molecule has 2 aromatic carbocycles. The van der Waals surface area contributed by atoms with Crippen molar-refractivity contribution in [3.05, 3.63) is 82.5 Å². The average molecular weight is 520 g/mol. The number of anilines is 1. The highest BCUT2D eigenvalue weighted by Gasteiger charge is 2.21. The van der Waals surface area contributed by atoms with E-state index in [9.17, 15) is 14.3 Å². The van der Waals surface area contributed by atoms with Crippen LogP contribution in [0.2, 0.25) is 5.02 Å². The van der Waals surface area contributed by atoms with Gasteiger partial charge in [-0.05, 0) is 48.7 Å². The summed E-state index contributed by atoms with van der Waals surface area (Å²) >= 11 is 6.52. The van der Waals surface area contributed by atoms with Gasteiger partial charge in [0, 0.05) is 74.6 Å². The zero-order valence-corrected chi connectivity index (χ0v) is 21.4. The molecule has 1 aliphatic rings. The molecule has 1 atom stereocenters. The monoisotopic (exact) mass is 519 g/mol. The topological polar surface area (TPSA) is 75.7 Å². The number of hydrogen-bond acceptors (Lipinski definition) is 5. The Morgan fingerprint density at radius 3 is 2.62 bits per heavy atom. The fourth-order valence-corrected chi connectivity index (χ4v) is 5.15. The second-order valence-electron chi connectivity index (χ2n) is 9.26. The molecular weight excluding hydrogens is 493 g/mol. The van der Waals surface area contributed by atoms with E-state index in [0.717, 1.165) is 31.6 Å². The Morgan fingerprint density at radius 1 is 1.14 bits per heavy atom. The Bertz CT molecular complexity index is 1540. The van der Waals surface area contributed by atoms with E-state index in [4.69, 9.17) is 11.6 Å². The predicted molar refractivity (Wildman–Crippen MR) is 146 cm³/mol. The van der Waals surface area contributed by atoms with Gasteiger partial charge in [0.25, 0.3) is 0 Å². The van der Waals surface area contributed by atoms with Gasteiger partial charge in [-0.1, -0.05) is 17.7 Å². The lowest BCUT2D eigenvalue weighted by Gasteiger charge is -2.32. The maximum Gasteiger partial charge on any atom is 0.332 e. The number of hydrogen-bond donors (Lipinski definition) is 1. The lowest BCUT2D eigenvalue weighted by molar-refractivity contribution is 0.477. The fourth-order valence-electron chi connectivity index (χ4n) is 4.88. The van der Waals surface area contributed by atoms with Crippen LogP contribution in [0, 0.1) is 11.7 Å². The highest BCUT2D eigenvalue weighted by Crippen LogP contribution is 2.41. The van der Waals surface area contributed by atoms with E-state index in [1.54, 1.807) is 57.1 Å². The molecule has 1 fully saturated rings. The minimum atomic E-state index is -0.495. The van der Waals surface area contributed by atoms with Gasteiger partial charge in [-0.15, -0.1) is 0 Å². The van der Waals surface area contributed by atoms with Crippen molar-refractivity contribution >= 4 is 23.5 Å². The number of aromatic hydroxyl groups is 1. The molecule has 5 rings (SSSR count). The van der Waals surface area contributed by atoms with Gasteiger partial charge < -0.3 is 19.6 Å². The summed E-state index contributed by atoms with van der Waals surface area (Å²) in [5.74, 6) is -0.198. The molecule has 0 radical (unpaired) electrons. The summed E-state index contributed by atoms with van der Waals surface area (Å²) in [5.41, 5.74) is 2.95. The molecule has 7 nitrogen and oxygen atoms in total. The lowest BCUT2D eigenvalue weighted by atomic mass is 9.96. The van der Waals surface area contributed by atoms with Crippen LogP contribution < -0.4 is 10.6 Å². The van der Waals surface area contributed by atoms with E-state index < -0.39 is 5.82 Å². The van der Waals surface area contributed by atoms with Gasteiger partial charge in [0.05, 0.1) is 22.6 Å². The molecule has 1 saturated heterocycles. The molecular formula is C28H27ClFN5O2. The van der Waals surface area contributed by atoms with Crippen LogP contribution in [0.15, 0.2) is 71.0 Å². The van der Waals surface area contributed by atoms with Gasteiger partial charge in [-0.2, -0.15) is 0 Å². The normalized spacial score (nSPS) is 16.0. The van der Waals surface area contributed by atoms with Gasteiger partial charge in [-0.3, -0.25) is 9.55 Å². The van der Waals surface area contributed by atoms with Gasteiger partial charge in [0.2, 0.25) is 0 Å². The van der Waals surface area contributed by atoms with E-state index in [1.165, 1.54) is 21.3 Å². The van der Waals surface area contributed by atoms with Gasteiger partial charge >= 0.3 is 5.69 Å². The lowest BCUT2D eigenvalue weighted by Crippen LogP contribution is -2.36. The van der Waals surface area contributed by atoms with Crippen LogP contribution in [0.1, 0.15) is 12.8 Å². The number of nitrogens with zero attached hydrogens (tertiary/aromatic N) is 5. The number of halogens is 2. The van der Waals surface area contributed by atoms with E-state index >= 15 is 0 Å². The summed E-state index contributed by atoms with van der Waals surface area (Å²) in [6, 6.07) is 9.51. The van der Waals surface area contributed by atoms with Crippen molar-refractivity contribution in [1.29, 1.82) is 0 Å². The first-order valence-corrected chi connectivity index (χ1v) is 12.4. The van der Waals surface area contributed by atoms with Crippen molar-refractivity contribution in [3.8, 4) is 33.7 Å². The van der Waals surface area contributed by atoms with Crippen molar-refractivity contribution in [2.45, 2.75) is 12.8 Å². The van der Waals surface area contributed by atoms with Crippen LogP contribution in [0.25, 0.3) is 27.9 Å². The summed E-state index contributed by atoms with van der Waals surface area (Å²) < 4.78 is 17.7. The van der Waals surface area contributed by atoms with Crippen LogP contribution in [-0.4, -0.2) is 45.6 Å². The largest absolute Gasteiger partial charge is 0.507 e. The molecule has 0 amide bonds. The minimum Gasteiger partial charge on any atom is -0.507 e. The van der Waals surface area contributed by atoms with Crippen molar-refractivity contribution in [2.75, 3.05) is 25.0 Å². The molecule has 3 heterocycles. The Balaban J connectivity index is 1.51. The zero-order valence-electron chi connectivity index (χ0n) is 20.6. The third kappa shape index (κ3) is 4.89. The second kappa shape index (κ2) is 10.2. The van der Waals surface area contributed by atoms with E-state index in [0.29, 0.717) is 38.9 Å². The average Bonchev–Trinajstić information content (AvgIpc) is 3.23. The first kappa shape index (κ1) is 24.8. The third-order valence-corrected chi connectivity index (χ3v) is 7.06. The number of benzene rings is 2. The van der Waals surface area contributed by atoms with Crippen LogP contribution >= 0.6 is 11.6 Å². The van der Waals surface area contributed by atoms with Crippen LogP contribution in [-0.2, 0) is 7.05 Å². The highest BCUT2D eigenvalue weighted by molar-refractivity contribution is 6.32. The maximum absolute atomic E-state index is 14.8. The van der Waals surface area contributed by atoms with Crippen LogP contribution in [0.5, 0.6) is 5.75 Å². The summed E-state index contributed by atoms with van der Waals surface area (Å²) in [6.07, 6.45) is 10.8. The molecule has 0 aliphatic carbocycles. The van der Waals surface area contributed by atoms with Crippen LogP contribution in [0.4, 0.5) is 10.1 Å². The van der Waals surface area contributed by atoms with Crippen molar-refractivity contribution in [1.82, 2.24) is 14.1 Å². The number of aryl methyl sites for hydroxylation is 1. The number of pyridine rings is 1. The molecule has 1 aliphatic heterocycles. The quantitative estimate of drug-likeness (QED) is 0.362. The number of rotatable bonds is 5. The molecule has 190 valence electrons. The summed E-state index contributed by atoms with van der Waals surface area (Å²) in [5, 5.41) is 11.5. The summed E-state index contributed by atoms with van der Waals surface area (Å²) in [4.78, 5) is 23.1. The molecule has 0 bridgehead atoms. The molecule has 0 spiro atoms. The Hall–Kier alpha value is -3.91. The van der Waals surface area contributed by atoms with E-state index in [1.807, 2.05) is 12.3 Å². The molecule has 37 heavy (non-hydrogen) atoms. The Labute approximate surface area is 219 Å². The molecule has 2 aromatic heterocycles. The predicted octanol–water partition coefficient (Wildman–Crippen LogP) is 5.32. The van der Waals surface area contributed by atoms with Gasteiger partial charge in [0.1, 0.15) is 11.6 Å². The summed E-state index contributed by atoms with van der Waals surface area (Å²) in [7, 11) is 3.44. The Kier molecular flexibility index (Phi) is 6.84. The van der Waals surface area contributed by atoms with Crippen LogP contribution in [0.3, 0.4) is 0 Å². The SMILES string of the molecule is CN=CC1CCCN(c2cncc(-c3cc(F)cc(-c4ccc(-n5ccn(C)c5=O)c(Cl)c4)c3O)c2)C1. The van der Waals surface area contributed by atoms with E-state index in [-0.39, 0.29) is 11.4 Å². The smallest absolute Gasteiger partial charge is 0.332 e. The molecule has 4 aromatic rings. The zero-order chi connectivity index (χ0) is 26.1. The highest BCUT2D eigenvalue weighted by atomic mass is 35.5. The van der Waals surface area contributed by atoms with Gasteiger partial charge in [-0.25, -0.2) is 9.18 Å². The Morgan fingerprint density at radius 2 is 1.92 bits per heavy atom. The summed E-state index contributed by atoms with van der Waals surface area (Å²) in [6.45, 7) is 1.73. The first-order valence-electron chi connectivity index (χ1n) is 12.0. The number of piperidine rings is 1. The fraction of sp³-hybridized carbons (Fsp3) is 0.250. The second-order valence-corrected chi connectivity index (χ2v) is 9.67. The van der Waals surface area contributed by atoms with Crippen molar-refractivity contribution in [3.63, 3.8) is 0 Å². The standard InChI is InChI=1S/C28H27ClFN5O2/c1-31-14-18-4-3-7-34(17-18)22-10-20(15-32-16-22)24-13-21(30)12-23(27(24)36)19-5-6-26(25(29)11-19)35-9-8-33(2)28(35)37/h5-6,8-16,18,36H,3-4,7,17H2,1-2H3. The molecule has 1 unspecified atom stereocenters. The minimum absolute atomic E-state index is 0.0734. The number of imidazole rings is 1. The molecule has 1 N–H and O–H groups in total. The molecule has 9 heteroatoms. The first-order chi connectivity index (χ1) is 17.9. The number of aliphatic imine (C=N–C) groups is 1. The third-order valence-electron chi connectivity index (χ3n) is 6.76. The maximum atomic E-state index is 14.8.